The molecule has 0 unspecified atom stereocenters. The Hall–Kier alpha value is -2.88. The molecule has 0 atom stereocenters. The summed E-state index contributed by atoms with van der Waals surface area (Å²) in [5, 5.41) is 1.51. The van der Waals surface area contributed by atoms with Gasteiger partial charge in [-0.05, 0) is 30.7 Å². The first-order valence-electron chi connectivity index (χ1n) is 6.72. The molecule has 4 heteroatoms. The van der Waals surface area contributed by atoms with Crippen molar-refractivity contribution in [2.24, 2.45) is 4.99 Å². The summed E-state index contributed by atoms with van der Waals surface area (Å²) in [6, 6.07) is 19.2. The third-order valence-electron chi connectivity index (χ3n) is 3.10. The lowest BCUT2D eigenvalue weighted by molar-refractivity contribution is -0.115. The van der Waals surface area contributed by atoms with E-state index in [-0.39, 0.29) is 5.91 Å². The SMILES string of the molecule is CC1=N/C(=C\c2ccccc2)C(=O)N(c2ccccc2)N1. The van der Waals surface area contributed by atoms with Gasteiger partial charge >= 0.3 is 0 Å². The molecule has 21 heavy (non-hydrogen) atoms. The van der Waals surface area contributed by atoms with Crippen LogP contribution < -0.4 is 10.4 Å². The first-order valence-corrected chi connectivity index (χ1v) is 6.72. The third-order valence-corrected chi connectivity index (χ3v) is 3.10. The second kappa shape index (κ2) is 5.63. The molecule has 0 aliphatic carbocycles. The van der Waals surface area contributed by atoms with Crippen molar-refractivity contribution in [2.75, 3.05) is 5.01 Å². The Morgan fingerprint density at radius 1 is 1.00 bits per heavy atom. The molecule has 0 saturated carbocycles. The van der Waals surface area contributed by atoms with Gasteiger partial charge in [0.2, 0.25) is 0 Å². The van der Waals surface area contributed by atoms with Gasteiger partial charge in [0.25, 0.3) is 5.91 Å². The number of amidine groups is 1. The molecule has 0 spiro atoms. The van der Waals surface area contributed by atoms with Crippen molar-refractivity contribution in [3.63, 3.8) is 0 Å². The fourth-order valence-corrected chi connectivity index (χ4v) is 2.14. The second-order valence-corrected chi connectivity index (χ2v) is 4.73. The van der Waals surface area contributed by atoms with Crippen molar-refractivity contribution < 1.29 is 4.79 Å². The number of hydrazine groups is 1. The number of rotatable bonds is 2. The van der Waals surface area contributed by atoms with E-state index in [1.54, 1.807) is 6.08 Å². The van der Waals surface area contributed by atoms with E-state index in [1.165, 1.54) is 5.01 Å². The number of hydrogen-bond donors (Lipinski definition) is 1. The minimum absolute atomic E-state index is 0.171. The van der Waals surface area contributed by atoms with Crippen LogP contribution >= 0.6 is 0 Å². The number of aliphatic imine (C=N–C) groups is 1. The van der Waals surface area contributed by atoms with Crippen LogP contribution in [0.5, 0.6) is 0 Å². The lowest BCUT2D eigenvalue weighted by Gasteiger charge is -2.28. The van der Waals surface area contributed by atoms with Gasteiger partial charge < -0.3 is 0 Å². The van der Waals surface area contributed by atoms with Crippen LogP contribution in [0.25, 0.3) is 6.08 Å². The van der Waals surface area contributed by atoms with Crippen molar-refractivity contribution in [1.29, 1.82) is 0 Å². The van der Waals surface area contributed by atoms with E-state index in [0.717, 1.165) is 11.3 Å². The van der Waals surface area contributed by atoms with Gasteiger partial charge in [0.1, 0.15) is 11.5 Å². The van der Waals surface area contributed by atoms with E-state index in [1.807, 2.05) is 67.6 Å². The Morgan fingerprint density at radius 2 is 1.62 bits per heavy atom. The highest BCUT2D eigenvalue weighted by atomic mass is 16.2. The van der Waals surface area contributed by atoms with Gasteiger partial charge in [-0.3, -0.25) is 10.2 Å². The number of anilines is 1. The molecule has 1 aliphatic rings. The Labute approximate surface area is 123 Å². The van der Waals surface area contributed by atoms with Gasteiger partial charge in [-0.1, -0.05) is 48.5 Å². The highest BCUT2D eigenvalue weighted by Gasteiger charge is 2.24. The standard InChI is InChI=1S/C17H15N3O/c1-13-18-16(12-14-8-4-2-5-9-14)17(21)20(19-13)15-10-6-3-7-11-15/h2-12H,1H3,(H,18,19)/b16-12-. The summed E-state index contributed by atoms with van der Waals surface area (Å²) in [5.74, 6) is 0.510. The fourth-order valence-electron chi connectivity index (χ4n) is 2.14. The maximum absolute atomic E-state index is 12.6. The topological polar surface area (TPSA) is 44.7 Å². The van der Waals surface area contributed by atoms with E-state index in [4.69, 9.17) is 0 Å². The summed E-state index contributed by atoms with van der Waals surface area (Å²) in [7, 11) is 0. The minimum Gasteiger partial charge on any atom is -0.278 e. The third kappa shape index (κ3) is 2.84. The van der Waals surface area contributed by atoms with Gasteiger partial charge in [-0.25, -0.2) is 10.0 Å². The van der Waals surface area contributed by atoms with Crippen LogP contribution in [-0.4, -0.2) is 11.7 Å². The molecule has 1 amide bonds. The molecule has 1 heterocycles. The van der Waals surface area contributed by atoms with Crippen LogP contribution in [0.4, 0.5) is 5.69 Å². The van der Waals surface area contributed by atoms with Crippen LogP contribution in [0.1, 0.15) is 12.5 Å². The molecular weight excluding hydrogens is 262 g/mol. The summed E-state index contributed by atoms with van der Waals surface area (Å²) < 4.78 is 0. The van der Waals surface area contributed by atoms with Gasteiger partial charge in [0.15, 0.2) is 0 Å². The minimum atomic E-state index is -0.171. The maximum atomic E-state index is 12.6. The first-order chi connectivity index (χ1) is 10.2. The number of hydrogen-bond acceptors (Lipinski definition) is 3. The summed E-state index contributed by atoms with van der Waals surface area (Å²) in [6.07, 6.45) is 1.79. The molecule has 0 bridgehead atoms. The molecule has 4 nitrogen and oxygen atoms in total. The number of nitrogens with zero attached hydrogens (tertiary/aromatic N) is 2. The van der Waals surface area contributed by atoms with Crippen LogP contribution in [0.3, 0.4) is 0 Å². The predicted molar refractivity (Wildman–Crippen MR) is 84.6 cm³/mol. The maximum Gasteiger partial charge on any atom is 0.295 e. The van der Waals surface area contributed by atoms with Crippen LogP contribution in [-0.2, 0) is 4.79 Å². The molecule has 2 aromatic carbocycles. The van der Waals surface area contributed by atoms with E-state index >= 15 is 0 Å². The summed E-state index contributed by atoms with van der Waals surface area (Å²) in [4.78, 5) is 16.9. The molecule has 2 aromatic rings. The second-order valence-electron chi connectivity index (χ2n) is 4.73. The smallest absolute Gasteiger partial charge is 0.278 e. The van der Waals surface area contributed by atoms with E-state index < -0.39 is 0 Å². The van der Waals surface area contributed by atoms with E-state index in [2.05, 4.69) is 10.4 Å². The number of para-hydroxylation sites is 1. The molecule has 0 fully saturated rings. The fraction of sp³-hybridized carbons (Fsp3) is 0.0588. The normalized spacial score (nSPS) is 16.6. The zero-order chi connectivity index (χ0) is 14.7. The van der Waals surface area contributed by atoms with Crippen LogP contribution in [0.15, 0.2) is 71.4 Å². The Morgan fingerprint density at radius 3 is 2.29 bits per heavy atom. The van der Waals surface area contributed by atoms with Gasteiger partial charge in [0, 0.05) is 0 Å². The van der Waals surface area contributed by atoms with Gasteiger partial charge in [-0.15, -0.1) is 0 Å². The predicted octanol–water partition coefficient (Wildman–Crippen LogP) is 3.00. The van der Waals surface area contributed by atoms with Crippen molar-refractivity contribution >= 4 is 23.5 Å². The number of benzene rings is 2. The molecule has 1 aliphatic heterocycles. The average Bonchev–Trinajstić information content (AvgIpc) is 2.52. The van der Waals surface area contributed by atoms with Crippen molar-refractivity contribution in [3.05, 3.63) is 71.9 Å². The quantitative estimate of drug-likeness (QED) is 0.858. The molecule has 1 N–H and O–H groups in total. The summed E-state index contributed by atoms with van der Waals surface area (Å²) >= 11 is 0. The Kier molecular flexibility index (Phi) is 3.51. The van der Waals surface area contributed by atoms with E-state index in [9.17, 15) is 4.79 Å². The van der Waals surface area contributed by atoms with E-state index in [0.29, 0.717) is 11.5 Å². The molecule has 0 radical (unpaired) electrons. The van der Waals surface area contributed by atoms with Crippen molar-refractivity contribution in [2.45, 2.75) is 6.92 Å². The van der Waals surface area contributed by atoms with Gasteiger partial charge in [-0.2, -0.15) is 0 Å². The molecular formula is C17H15N3O. The highest BCUT2D eigenvalue weighted by molar-refractivity contribution is 6.13. The van der Waals surface area contributed by atoms with Crippen molar-refractivity contribution in [1.82, 2.24) is 5.43 Å². The average molecular weight is 277 g/mol. The summed E-state index contributed by atoms with van der Waals surface area (Å²) in [5.41, 5.74) is 5.15. The zero-order valence-corrected chi connectivity index (χ0v) is 11.7. The van der Waals surface area contributed by atoms with Gasteiger partial charge in [0.05, 0.1) is 5.69 Å². The first kappa shape index (κ1) is 13.1. The molecule has 0 aromatic heterocycles. The molecule has 3 rings (SSSR count). The Bertz CT molecular complexity index is 705. The molecule has 104 valence electrons. The zero-order valence-electron chi connectivity index (χ0n) is 11.7. The number of carbonyl (C=O) groups is 1. The molecule has 0 saturated heterocycles. The van der Waals surface area contributed by atoms with Crippen LogP contribution in [0.2, 0.25) is 0 Å². The largest absolute Gasteiger partial charge is 0.295 e. The van der Waals surface area contributed by atoms with Crippen LogP contribution in [0, 0.1) is 0 Å². The lowest BCUT2D eigenvalue weighted by Crippen LogP contribution is -2.49. The Balaban J connectivity index is 1.98. The summed E-state index contributed by atoms with van der Waals surface area (Å²) in [6.45, 7) is 1.83. The highest BCUT2D eigenvalue weighted by Crippen LogP contribution is 2.19. The monoisotopic (exact) mass is 277 g/mol. The number of nitrogens with one attached hydrogen (secondary N) is 1. The number of amides is 1. The lowest BCUT2D eigenvalue weighted by atomic mass is 10.2. The number of carbonyl (C=O) groups excluding carboxylic acids is 1. The van der Waals surface area contributed by atoms with Crippen molar-refractivity contribution in [3.8, 4) is 0 Å².